The summed E-state index contributed by atoms with van der Waals surface area (Å²) >= 11 is 0. The SMILES string of the molecule is CC(C)N(C)CCC(NC1CC1)C(N)=O. The monoisotopic (exact) mass is 213 g/mol. The van der Waals surface area contributed by atoms with Crippen molar-refractivity contribution in [3.8, 4) is 0 Å². The van der Waals surface area contributed by atoms with Gasteiger partial charge in [0.15, 0.2) is 0 Å². The molecule has 0 heterocycles. The van der Waals surface area contributed by atoms with Gasteiger partial charge in [0, 0.05) is 18.6 Å². The zero-order valence-corrected chi connectivity index (χ0v) is 9.99. The molecule has 0 aromatic carbocycles. The van der Waals surface area contributed by atoms with Crippen LogP contribution in [0, 0.1) is 0 Å². The summed E-state index contributed by atoms with van der Waals surface area (Å²) in [6.45, 7) is 5.20. The lowest BCUT2D eigenvalue weighted by Gasteiger charge is -2.23. The molecule has 1 amide bonds. The molecule has 15 heavy (non-hydrogen) atoms. The quantitative estimate of drug-likeness (QED) is 0.640. The minimum atomic E-state index is -0.223. The summed E-state index contributed by atoms with van der Waals surface area (Å²) in [7, 11) is 2.07. The van der Waals surface area contributed by atoms with E-state index in [9.17, 15) is 4.79 Å². The van der Waals surface area contributed by atoms with E-state index in [4.69, 9.17) is 5.73 Å². The number of primary amides is 1. The molecule has 0 radical (unpaired) electrons. The summed E-state index contributed by atoms with van der Waals surface area (Å²) < 4.78 is 0. The second-order valence-corrected chi connectivity index (χ2v) is 4.76. The molecule has 3 N–H and O–H groups in total. The van der Waals surface area contributed by atoms with Gasteiger partial charge in [0.05, 0.1) is 6.04 Å². The summed E-state index contributed by atoms with van der Waals surface area (Å²) in [5, 5.41) is 3.28. The molecule has 1 atom stereocenters. The number of nitrogens with zero attached hydrogens (tertiary/aromatic N) is 1. The number of nitrogens with two attached hydrogens (primary N) is 1. The van der Waals surface area contributed by atoms with Gasteiger partial charge in [-0.25, -0.2) is 0 Å². The van der Waals surface area contributed by atoms with Crippen molar-refractivity contribution in [1.29, 1.82) is 0 Å². The van der Waals surface area contributed by atoms with Crippen molar-refractivity contribution in [2.45, 2.75) is 51.2 Å². The van der Waals surface area contributed by atoms with Gasteiger partial charge in [-0.3, -0.25) is 4.79 Å². The Bertz CT molecular complexity index is 214. The minimum absolute atomic E-state index is 0.154. The van der Waals surface area contributed by atoms with E-state index in [1.165, 1.54) is 12.8 Å². The van der Waals surface area contributed by atoms with E-state index in [0.717, 1.165) is 13.0 Å². The number of hydrogen-bond acceptors (Lipinski definition) is 3. The predicted molar refractivity (Wildman–Crippen MR) is 61.5 cm³/mol. The molecule has 1 unspecified atom stereocenters. The van der Waals surface area contributed by atoms with Crippen LogP contribution in [-0.4, -0.2) is 42.5 Å². The van der Waals surface area contributed by atoms with Crippen LogP contribution in [0.15, 0.2) is 0 Å². The topological polar surface area (TPSA) is 58.4 Å². The summed E-state index contributed by atoms with van der Waals surface area (Å²) in [5.41, 5.74) is 5.36. The molecule has 0 bridgehead atoms. The Labute approximate surface area is 92.2 Å². The third kappa shape index (κ3) is 4.62. The molecule has 1 aliphatic carbocycles. The van der Waals surface area contributed by atoms with Crippen molar-refractivity contribution in [2.75, 3.05) is 13.6 Å². The van der Waals surface area contributed by atoms with Crippen molar-refractivity contribution < 1.29 is 4.79 Å². The van der Waals surface area contributed by atoms with Gasteiger partial charge in [0.25, 0.3) is 0 Å². The average Bonchev–Trinajstić information content (AvgIpc) is 2.94. The Morgan fingerprint density at radius 1 is 1.53 bits per heavy atom. The first-order valence-electron chi connectivity index (χ1n) is 5.76. The number of rotatable bonds is 7. The molecule has 0 saturated heterocycles. The Morgan fingerprint density at radius 3 is 2.53 bits per heavy atom. The van der Waals surface area contributed by atoms with Gasteiger partial charge >= 0.3 is 0 Å². The Balaban J connectivity index is 2.27. The zero-order chi connectivity index (χ0) is 11.4. The van der Waals surface area contributed by atoms with Gasteiger partial charge < -0.3 is 16.0 Å². The Kier molecular flexibility index (Phi) is 4.54. The van der Waals surface area contributed by atoms with Gasteiger partial charge in [-0.1, -0.05) is 0 Å². The van der Waals surface area contributed by atoms with E-state index in [1.807, 2.05) is 0 Å². The van der Waals surface area contributed by atoms with Gasteiger partial charge in [0.1, 0.15) is 0 Å². The van der Waals surface area contributed by atoms with Crippen LogP contribution in [0.1, 0.15) is 33.1 Å². The normalized spacial score (nSPS) is 18.5. The summed E-state index contributed by atoms with van der Waals surface area (Å²) in [6, 6.07) is 0.894. The molecule has 0 aliphatic heterocycles. The molecule has 0 spiro atoms. The van der Waals surface area contributed by atoms with Crippen LogP contribution in [0.2, 0.25) is 0 Å². The van der Waals surface area contributed by atoms with Crippen molar-refractivity contribution in [3.05, 3.63) is 0 Å². The Morgan fingerprint density at radius 2 is 2.13 bits per heavy atom. The summed E-state index contributed by atoms with van der Waals surface area (Å²) in [5.74, 6) is -0.223. The first-order chi connectivity index (χ1) is 7.00. The van der Waals surface area contributed by atoms with E-state index < -0.39 is 0 Å². The second-order valence-electron chi connectivity index (χ2n) is 4.76. The molecule has 4 nitrogen and oxygen atoms in total. The fourth-order valence-corrected chi connectivity index (χ4v) is 1.43. The van der Waals surface area contributed by atoms with Crippen LogP contribution in [0.4, 0.5) is 0 Å². The lowest BCUT2D eigenvalue weighted by molar-refractivity contribution is -0.120. The molecule has 1 fully saturated rings. The molecule has 0 aromatic rings. The lowest BCUT2D eigenvalue weighted by atomic mass is 10.1. The third-order valence-corrected chi connectivity index (χ3v) is 3.01. The second kappa shape index (κ2) is 5.47. The van der Waals surface area contributed by atoms with E-state index >= 15 is 0 Å². The van der Waals surface area contributed by atoms with E-state index in [1.54, 1.807) is 0 Å². The van der Waals surface area contributed by atoms with Gasteiger partial charge in [-0.05, 0) is 40.2 Å². The van der Waals surface area contributed by atoms with Crippen LogP contribution in [0.3, 0.4) is 0 Å². The van der Waals surface area contributed by atoms with Gasteiger partial charge in [-0.15, -0.1) is 0 Å². The fraction of sp³-hybridized carbons (Fsp3) is 0.909. The highest BCUT2D eigenvalue weighted by Crippen LogP contribution is 2.19. The van der Waals surface area contributed by atoms with Crippen LogP contribution in [0.25, 0.3) is 0 Å². The number of carbonyl (C=O) groups excluding carboxylic acids is 1. The molecule has 0 aromatic heterocycles. The molecule has 4 heteroatoms. The standard InChI is InChI=1S/C11H23N3O/c1-8(2)14(3)7-6-10(11(12)15)13-9-4-5-9/h8-10,13H,4-7H2,1-3H3,(H2,12,15). The maximum absolute atomic E-state index is 11.2. The van der Waals surface area contributed by atoms with Crippen molar-refractivity contribution in [2.24, 2.45) is 5.73 Å². The molecule has 1 rings (SSSR count). The number of hydrogen-bond donors (Lipinski definition) is 2. The maximum atomic E-state index is 11.2. The zero-order valence-electron chi connectivity index (χ0n) is 9.99. The van der Waals surface area contributed by atoms with Crippen LogP contribution >= 0.6 is 0 Å². The molecule has 1 saturated carbocycles. The number of carbonyl (C=O) groups is 1. The van der Waals surface area contributed by atoms with Crippen LogP contribution < -0.4 is 11.1 Å². The van der Waals surface area contributed by atoms with E-state index in [-0.39, 0.29) is 11.9 Å². The smallest absolute Gasteiger partial charge is 0.234 e. The van der Waals surface area contributed by atoms with Crippen molar-refractivity contribution in [3.63, 3.8) is 0 Å². The highest BCUT2D eigenvalue weighted by Gasteiger charge is 2.27. The average molecular weight is 213 g/mol. The van der Waals surface area contributed by atoms with Crippen molar-refractivity contribution in [1.82, 2.24) is 10.2 Å². The number of amides is 1. The third-order valence-electron chi connectivity index (χ3n) is 3.01. The highest BCUT2D eigenvalue weighted by molar-refractivity contribution is 5.79. The van der Waals surface area contributed by atoms with Crippen LogP contribution in [-0.2, 0) is 4.79 Å². The fourth-order valence-electron chi connectivity index (χ4n) is 1.43. The molecular weight excluding hydrogens is 190 g/mol. The predicted octanol–water partition coefficient (Wildman–Crippen LogP) is 0.323. The largest absolute Gasteiger partial charge is 0.368 e. The summed E-state index contributed by atoms with van der Waals surface area (Å²) in [6.07, 6.45) is 3.17. The maximum Gasteiger partial charge on any atom is 0.234 e. The minimum Gasteiger partial charge on any atom is -0.368 e. The molecular formula is C11H23N3O. The summed E-state index contributed by atoms with van der Waals surface area (Å²) in [4.78, 5) is 13.4. The van der Waals surface area contributed by atoms with E-state index in [2.05, 4.69) is 31.1 Å². The van der Waals surface area contributed by atoms with Crippen molar-refractivity contribution >= 4 is 5.91 Å². The Hall–Kier alpha value is -0.610. The lowest BCUT2D eigenvalue weighted by Crippen LogP contribution is -2.44. The molecule has 1 aliphatic rings. The first-order valence-corrected chi connectivity index (χ1v) is 5.76. The van der Waals surface area contributed by atoms with Gasteiger partial charge in [-0.2, -0.15) is 0 Å². The molecule has 88 valence electrons. The first kappa shape index (κ1) is 12.5. The van der Waals surface area contributed by atoms with Gasteiger partial charge in [0.2, 0.25) is 5.91 Å². The van der Waals surface area contributed by atoms with E-state index in [0.29, 0.717) is 12.1 Å². The van der Waals surface area contributed by atoms with Crippen LogP contribution in [0.5, 0.6) is 0 Å². The number of nitrogens with one attached hydrogen (secondary N) is 1. The highest BCUT2D eigenvalue weighted by atomic mass is 16.1.